The van der Waals surface area contributed by atoms with Gasteiger partial charge < -0.3 is 19.2 Å². The maximum atomic E-state index is 8.74. The molecule has 0 aromatic heterocycles. The van der Waals surface area contributed by atoms with Crippen LogP contribution in [0.1, 0.15) is 0 Å². The number of rotatable bonds is 0. The Kier molecular flexibility index (Phi) is 18.3. The minimum Gasteiger partial charge on any atom is -0.511 e. The predicted octanol–water partition coefficient (Wildman–Crippen LogP) is -3.61. The highest BCUT2D eigenvalue weighted by molar-refractivity contribution is 6.22. The zero-order valence-corrected chi connectivity index (χ0v) is 7.11. The highest BCUT2D eigenvalue weighted by atomic mass is 28.3. The van der Waals surface area contributed by atoms with Crippen LogP contribution in [0.2, 0.25) is 0 Å². The lowest BCUT2D eigenvalue weighted by Crippen LogP contribution is -1.90. The third-order valence-corrected chi connectivity index (χ3v) is 0. The Balaban J connectivity index is -0.0000000720. The Morgan fingerprint density at radius 3 is 0.778 bits per heavy atom. The number of hydrogen-bond acceptors (Lipinski definition) is 2. The maximum absolute atomic E-state index is 8.74. The fraction of sp³-hybridized carbons (Fsp3) is 0. The van der Waals surface area contributed by atoms with Crippen molar-refractivity contribution in [3.8, 4) is 0 Å². The summed E-state index contributed by atoms with van der Waals surface area (Å²) in [5.41, 5.74) is 0. The van der Waals surface area contributed by atoms with Gasteiger partial charge >= 0.3 is 18.3 Å². The zero-order valence-electron chi connectivity index (χ0n) is 4.11. The minimum absolute atomic E-state index is 0. The van der Waals surface area contributed by atoms with E-state index >= 15 is 0 Å². The predicted molar refractivity (Wildman–Crippen MR) is 27.5 cm³/mol. The molecule has 0 aliphatic heterocycles. The molecule has 52 valence electrons. The van der Waals surface area contributed by atoms with Gasteiger partial charge in [-0.2, -0.15) is 0 Å². The molecule has 6 nitrogen and oxygen atoms in total. The topological polar surface area (TPSA) is 115 Å². The van der Waals surface area contributed by atoms with Crippen LogP contribution >= 0.6 is 0 Å². The highest BCUT2D eigenvalue weighted by Crippen LogP contribution is 1.27. The van der Waals surface area contributed by atoms with E-state index in [2.05, 4.69) is 0 Å². The van der Waals surface area contributed by atoms with Gasteiger partial charge in [0, 0.05) is 11.0 Å². The van der Waals surface area contributed by atoms with E-state index < -0.39 is 18.3 Å². The first-order valence-electron chi connectivity index (χ1n) is 1.30. The lowest BCUT2D eigenvalue weighted by atomic mass is 15.8. The average molecular weight is 184 g/mol. The highest BCUT2D eigenvalue weighted by Gasteiger charge is 1.85. The van der Waals surface area contributed by atoms with Crippen molar-refractivity contribution in [2.24, 2.45) is 0 Å². The summed E-state index contributed by atoms with van der Waals surface area (Å²) in [5, 5.41) is 0. The standard InChI is InChI=1S/2H2O3Si.Si/c2*1-4(2)3;/h2*1-2H;. The molecule has 0 spiro atoms. The van der Waals surface area contributed by atoms with Crippen LogP contribution in [0, 0.1) is 0 Å². The Bertz CT molecular complexity index is 66.3. The fourth-order valence-electron chi connectivity index (χ4n) is 0. The summed E-state index contributed by atoms with van der Waals surface area (Å²) in [7, 11) is -6.26. The molecule has 9 heavy (non-hydrogen) atoms. The van der Waals surface area contributed by atoms with Crippen molar-refractivity contribution in [1.82, 2.24) is 0 Å². The summed E-state index contributed by atoms with van der Waals surface area (Å²) in [6.07, 6.45) is 0. The molecule has 0 heterocycles. The minimum atomic E-state index is -3.13. The summed E-state index contributed by atoms with van der Waals surface area (Å²) < 4.78 is 17.5. The van der Waals surface area contributed by atoms with Gasteiger partial charge in [-0.1, -0.05) is 0 Å². The second-order valence-electron chi connectivity index (χ2n) is 0.565. The molecule has 0 atom stereocenters. The first kappa shape index (κ1) is 15.8. The fourth-order valence-corrected chi connectivity index (χ4v) is 0. The lowest BCUT2D eigenvalue weighted by molar-refractivity contribution is 0.328. The molecular weight excluding hydrogens is 180 g/mol. The van der Waals surface area contributed by atoms with Gasteiger partial charge in [-0.15, -0.1) is 0 Å². The normalized spacial score (nSPS) is 5.33. The van der Waals surface area contributed by atoms with Crippen LogP contribution < -0.4 is 0 Å². The largest absolute Gasteiger partial charge is 0.761 e. The van der Waals surface area contributed by atoms with Crippen molar-refractivity contribution < 1.29 is 28.1 Å². The van der Waals surface area contributed by atoms with Crippen molar-refractivity contribution >= 4 is 29.3 Å². The van der Waals surface area contributed by atoms with Gasteiger partial charge in [-0.05, 0) is 0 Å². The first-order chi connectivity index (χ1) is 3.46. The maximum Gasteiger partial charge on any atom is 0.761 e. The van der Waals surface area contributed by atoms with E-state index in [0.29, 0.717) is 0 Å². The van der Waals surface area contributed by atoms with Gasteiger partial charge in [0.05, 0.1) is 0 Å². The third kappa shape index (κ3) is 733. The molecule has 4 N–H and O–H groups in total. The van der Waals surface area contributed by atoms with Crippen LogP contribution in [-0.4, -0.2) is 48.5 Å². The van der Waals surface area contributed by atoms with E-state index in [1.54, 1.807) is 0 Å². The molecule has 0 unspecified atom stereocenters. The molecule has 9 heteroatoms. The molecule has 0 aromatic carbocycles. The molecule has 0 saturated heterocycles. The molecule has 0 fully saturated rings. The van der Waals surface area contributed by atoms with Gasteiger partial charge in [-0.3, -0.25) is 8.92 Å². The molecule has 0 rings (SSSR count). The Morgan fingerprint density at radius 1 is 0.778 bits per heavy atom. The first-order valence-corrected chi connectivity index (χ1v) is 3.91. The van der Waals surface area contributed by atoms with E-state index in [-0.39, 0.29) is 11.0 Å². The van der Waals surface area contributed by atoms with Crippen molar-refractivity contribution in [2.45, 2.75) is 0 Å². The quantitative estimate of drug-likeness (QED) is 0.289. The lowest BCUT2D eigenvalue weighted by Gasteiger charge is -1.55. The van der Waals surface area contributed by atoms with Crippen LogP contribution in [0.4, 0.5) is 0 Å². The van der Waals surface area contributed by atoms with Crippen molar-refractivity contribution in [3.05, 3.63) is 0 Å². The molecule has 0 amide bonds. The molecule has 0 aliphatic carbocycles. The molecule has 4 radical (unpaired) electrons. The van der Waals surface area contributed by atoms with Crippen LogP contribution in [-0.2, 0) is 8.92 Å². The second kappa shape index (κ2) is 10.4. The van der Waals surface area contributed by atoms with E-state index in [1.165, 1.54) is 0 Å². The van der Waals surface area contributed by atoms with Gasteiger partial charge in [-0.25, -0.2) is 0 Å². The third-order valence-electron chi connectivity index (χ3n) is 0. The van der Waals surface area contributed by atoms with Gasteiger partial charge in [0.15, 0.2) is 0 Å². The zero-order chi connectivity index (χ0) is 7.15. The summed E-state index contributed by atoms with van der Waals surface area (Å²) in [5.74, 6) is 0. The summed E-state index contributed by atoms with van der Waals surface area (Å²) in [4.78, 5) is 28.6. The Labute approximate surface area is 58.2 Å². The van der Waals surface area contributed by atoms with E-state index in [1.807, 2.05) is 0 Å². The number of hydrogen-bond donors (Lipinski definition) is 4. The summed E-state index contributed by atoms with van der Waals surface area (Å²) in [6.45, 7) is 0. The van der Waals surface area contributed by atoms with Crippen LogP contribution in [0.15, 0.2) is 0 Å². The van der Waals surface area contributed by atoms with E-state index in [4.69, 9.17) is 28.1 Å². The van der Waals surface area contributed by atoms with Crippen LogP contribution in [0.25, 0.3) is 0 Å². The summed E-state index contributed by atoms with van der Waals surface area (Å²) >= 11 is 0. The monoisotopic (exact) mass is 184 g/mol. The van der Waals surface area contributed by atoms with Crippen molar-refractivity contribution in [3.63, 3.8) is 0 Å². The molecule has 0 aliphatic rings. The van der Waals surface area contributed by atoms with Crippen LogP contribution in [0.3, 0.4) is 0 Å². The SMILES string of the molecule is O=[Si](O)O.O=[Si](O)O.[Si]. The van der Waals surface area contributed by atoms with E-state index in [9.17, 15) is 0 Å². The average Bonchev–Trinajstić information content (AvgIpc) is 1.25. The summed E-state index contributed by atoms with van der Waals surface area (Å²) in [6, 6.07) is 0. The molecule has 0 aromatic rings. The van der Waals surface area contributed by atoms with Gasteiger partial charge in [0.25, 0.3) is 0 Å². The van der Waals surface area contributed by atoms with Crippen molar-refractivity contribution in [2.75, 3.05) is 0 Å². The second-order valence-corrected chi connectivity index (χ2v) is 1.70. The van der Waals surface area contributed by atoms with E-state index in [0.717, 1.165) is 0 Å². The Hall–Kier alpha value is -0.549. The smallest absolute Gasteiger partial charge is 0.511 e. The van der Waals surface area contributed by atoms with Gasteiger partial charge in [0.2, 0.25) is 0 Å². The van der Waals surface area contributed by atoms with Crippen LogP contribution in [0.5, 0.6) is 0 Å². The molecule has 0 bridgehead atoms. The molecule has 0 saturated carbocycles. The van der Waals surface area contributed by atoms with Gasteiger partial charge in [0.1, 0.15) is 0 Å². The van der Waals surface area contributed by atoms with Crippen molar-refractivity contribution in [1.29, 1.82) is 0 Å². The Morgan fingerprint density at radius 2 is 0.778 bits per heavy atom. The molecular formula is H4O6Si3.